The SMILES string of the molecule is CC1C(=O)OC(=O)C2(C)C3C=CC(CC3)C2C1C. The number of carbonyl (C=O) groups excluding carboxylic acids is 2. The number of cyclic esters (lactones) is 2. The molecule has 3 nitrogen and oxygen atoms in total. The third kappa shape index (κ3) is 1.30. The van der Waals surface area contributed by atoms with Crippen molar-refractivity contribution in [3.63, 3.8) is 0 Å². The minimum absolute atomic E-state index is 0.187. The van der Waals surface area contributed by atoms with E-state index in [0.29, 0.717) is 5.92 Å². The molecule has 2 fully saturated rings. The zero-order valence-corrected chi connectivity index (χ0v) is 11.2. The molecule has 98 valence electrons. The number of esters is 2. The zero-order chi connectivity index (χ0) is 13.1. The highest BCUT2D eigenvalue weighted by molar-refractivity contribution is 5.91. The maximum absolute atomic E-state index is 12.4. The topological polar surface area (TPSA) is 43.4 Å². The molecular weight excluding hydrogens is 228 g/mol. The molecule has 0 radical (unpaired) electrons. The molecule has 18 heavy (non-hydrogen) atoms. The highest BCUT2D eigenvalue weighted by atomic mass is 16.6. The van der Waals surface area contributed by atoms with Crippen molar-refractivity contribution in [3.05, 3.63) is 12.2 Å². The number of hydrogen-bond acceptors (Lipinski definition) is 3. The van der Waals surface area contributed by atoms with Crippen LogP contribution in [0.4, 0.5) is 0 Å². The van der Waals surface area contributed by atoms with Crippen molar-refractivity contribution in [1.82, 2.24) is 0 Å². The Morgan fingerprint density at radius 1 is 1.22 bits per heavy atom. The summed E-state index contributed by atoms with van der Waals surface area (Å²) < 4.78 is 5.11. The van der Waals surface area contributed by atoms with Gasteiger partial charge in [0.2, 0.25) is 0 Å². The number of fused-ring (bicyclic) bond motifs is 1. The molecule has 0 aromatic rings. The normalized spacial score (nSPS) is 50.7. The molecule has 4 rings (SSSR count). The molecule has 6 unspecified atom stereocenters. The van der Waals surface area contributed by atoms with Crippen LogP contribution in [0.25, 0.3) is 0 Å². The Morgan fingerprint density at radius 3 is 2.56 bits per heavy atom. The minimum Gasteiger partial charge on any atom is -0.393 e. The van der Waals surface area contributed by atoms with Gasteiger partial charge in [-0.05, 0) is 43.4 Å². The molecule has 1 saturated heterocycles. The van der Waals surface area contributed by atoms with Crippen molar-refractivity contribution in [3.8, 4) is 0 Å². The molecule has 1 aliphatic heterocycles. The lowest BCUT2D eigenvalue weighted by Crippen LogP contribution is -2.52. The van der Waals surface area contributed by atoms with E-state index in [1.165, 1.54) is 0 Å². The minimum atomic E-state index is -0.502. The summed E-state index contributed by atoms with van der Waals surface area (Å²) in [7, 11) is 0. The first-order valence-electron chi connectivity index (χ1n) is 6.90. The van der Waals surface area contributed by atoms with Crippen molar-refractivity contribution in [2.24, 2.45) is 35.0 Å². The standard InChI is InChI=1S/C15H20O3/c1-8-9(2)13(16)18-14(17)15(3)11-6-4-10(5-7-11)12(8)15/h4,6,8-12H,5,7H2,1-3H3. The number of ether oxygens (including phenoxy) is 1. The molecule has 0 amide bonds. The average Bonchev–Trinajstić information content (AvgIpc) is 2.43. The summed E-state index contributed by atoms with van der Waals surface area (Å²) in [6.45, 7) is 5.99. The lowest BCUT2D eigenvalue weighted by Gasteiger charge is -2.52. The summed E-state index contributed by atoms with van der Waals surface area (Å²) in [5, 5.41) is 0. The molecule has 0 spiro atoms. The molecule has 3 heteroatoms. The van der Waals surface area contributed by atoms with E-state index in [1.807, 2.05) is 13.8 Å². The van der Waals surface area contributed by atoms with Gasteiger partial charge in [-0.25, -0.2) is 0 Å². The van der Waals surface area contributed by atoms with Crippen LogP contribution >= 0.6 is 0 Å². The van der Waals surface area contributed by atoms with Crippen molar-refractivity contribution >= 4 is 11.9 Å². The van der Waals surface area contributed by atoms with E-state index in [1.54, 1.807) is 0 Å². The Morgan fingerprint density at radius 2 is 1.94 bits per heavy atom. The van der Waals surface area contributed by atoms with E-state index < -0.39 is 5.41 Å². The summed E-state index contributed by atoms with van der Waals surface area (Å²) in [4.78, 5) is 24.3. The fourth-order valence-electron chi connectivity index (χ4n) is 4.38. The highest BCUT2D eigenvalue weighted by Gasteiger charge is 2.59. The van der Waals surface area contributed by atoms with Crippen LogP contribution in [0.5, 0.6) is 0 Å². The Balaban J connectivity index is 2.12. The van der Waals surface area contributed by atoms with Crippen molar-refractivity contribution in [2.75, 3.05) is 0 Å². The van der Waals surface area contributed by atoms with Crippen LogP contribution in [0.15, 0.2) is 12.2 Å². The van der Waals surface area contributed by atoms with E-state index in [-0.39, 0.29) is 35.6 Å². The van der Waals surface area contributed by atoms with Crippen LogP contribution in [-0.4, -0.2) is 11.9 Å². The van der Waals surface area contributed by atoms with Gasteiger partial charge in [-0.15, -0.1) is 0 Å². The number of rotatable bonds is 0. The lowest BCUT2D eigenvalue weighted by molar-refractivity contribution is -0.171. The second kappa shape index (κ2) is 3.69. The predicted molar refractivity (Wildman–Crippen MR) is 66.4 cm³/mol. The third-order valence-electron chi connectivity index (χ3n) is 5.69. The number of carbonyl (C=O) groups is 2. The van der Waals surface area contributed by atoms with E-state index in [4.69, 9.17) is 4.74 Å². The maximum atomic E-state index is 12.4. The molecule has 4 aliphatic rings. The van der Waals surface area contributed by atoms with Gasteiger partial charge in [-0.1, -0.05) is 26.0 Å². The Hall–Kier alpha value is -1.12. The molecular formula is C15H20O3. The van der Waals surface area contributed by atoms with Gasteiger partial charge in [-0.3, -0.25) is 9.59 Å². The van der Waals surface area contributed by atoms with Crippen LogP contribution in [0, 0.1) is 35.0 Å². The van der Waals surface area contributed by atoms with Crippen LogP contribution in [0.3, 0.4) is 0 Å². The molecule has 0 N–H and O–H groups in total. The monoisotopic (exact) mass is 248 g/mol. The maximum Gasteiger partial charge on any atom is 0.320 e. The van der Waals surface area contributed by atoms with Gasteiger partial charge in [-0.2, -0.15) is 0 Å². The van der Waals surface area contributed by atoms with Gasteiger partial charge in [0.05, 0.1) is 11.3 Å². The van der Waals surface area contributed by atoms with Crippen molar-refractivity contribution < 1.29 is 14.3 Å². The smallest absolute Gasteiger partial charge is 0.320 e. The average molecular weight is 248 g/mol. The van der Waals surface area contributed by atoms with E-state index in [2.05, 4.69) is 19.1 Å². The summed E-state index contributed by atoms with van der Waals surface area (Å²) in [6.07, 6.45) is 6.60. The number of hydrogen-bond donors (Lipinski definition) is 0. The molecule has 0 aromatic carbocycles. The Bertz CT molecular complexity index is 439. The first kappa shape index (κ1) is 11.9. The quantitative estimate of drug-likeness (QED) is 0.376. The number of allylic oxidation sites excluding steroid dienone is 2. The zero-order valence-electron chi connectivity index (χ0n) is 11.2. The Kier molecular flexibility index (Phi) is 2.45. The lowest BCUT2D eigenvalue weighted by atomic mass is 9.50. The summed E-state index contributed by atoms with van der Waals surface area (Å²) in [5.74, 6) is 0.280. The predicted octanol–water partition coefficient (Wildman–Crippen LogP) is 2.56. The first-order chi connectivity index (χ1) is 8.46. The Labute approximate surface area is 108 Å². The molecule has 1 heterocycles. The van der Waals surface area contributed by atoms with Crippen LogP contribution in [0.2, 0.25) is 0 Å². The fraction of sp³-hybridized carbons (Fsp3) is 0.733. The van der Waals surface area contributed by atoms with Gasteiger partial charge in [0.25, 0.3) is 0 Å². The van der Waals surface area contributed by atoms with Crippen LogP contribution < -0.4 is 0 Å². The first-order valence-corrected chi connectivity index (χ1v) is 6.90. The van der Waals surface area contributed by atoms with Crippen LogP contribution in [0.1, 0.15) is 33.6 Å². The van der Waals surface area contributed by atoms with E-state index >= 15 is 0 Å². The molecule has 0 aromatic heterocycles. The van der Waals surface area contributed by atoms with Gasteiger partial charge >= 0.3 is 11.9 Å². The summed E-state index contributed by atoms with van der Waals surface area (Å²) >= 11 is 0. The van der Waals surface area contributed by atoms with Gasteiger partial charge in [0.15, 0.2) is 0 Å². The van der Waals surface area contributed by atoms with Crippen molar-refractivity contribution in [1.29, 1.82) is 0 Å². The van der Waals surface area contributed by atoms with E-state index in [9.17, 15) is 9.59 Å². The largest absolute Gasteiger partial charge is 0.393 e. The molecule has 6 atom stereocenters. The molecule has 3 aliphatic carbocycles. The fourth-order valence-corrected chi connectivity index (χ4v) is 4.38. The second-order valence-corrected chi connectivity index (χ2v) is 6.40. The van der Waals surface area contributed by atoms with Crippen LogP contribution in [-0.2, 0) is 14.3 Å². The van der Waals surface area contributed by atoms with Gasteiger partial charge < -0.3 is 4.74 Å². The second-order valence-electron chi connectivity index (χ2n) is 6.40. The van der Waals surface area contributed by atoms with Crippen molar-refractivity contribution in [2.45, 2.75) is 33.6 Å². The van der Waals surface area contributed by atoms with Gasteiger partial charge in [0.1, 0.15) is 0 Å². The summed E-state index contributed by atoms with van der Waals surface area (Å²) in [5.41, 5.74) is -0.502. The van der Waals surface area contributed by atoms with E-state index in [0.717, 1.165) is 12.8 Å². The highest BCUT2D eigenvalue weighted by Crippen LogP contribution is 2.58. The molecule has 2 bridgehead atoms. The third-order valence-corrected chi connectivity index (χ3v) is 5.69. The van der Waals surface area contributed by atoms with Gasteiger partial charge in [0, 0.05) is 0 Å². The molecule has 1 saturated carbocycles. The summed E-state index contributed by atoms with van der Waals surface area (Å²) in [6, 6.07) is 0.